The number of hydrogen-bond donors (Lipinski definition) is 1. The quantitative estimate of drug-likeness (QED) is 0.468. The molecule has 0 radical (unpaired) electrons. The van der Waals surface area contributed by atoms with Crippen LogP contribution in [0.5, 0.6) is 0 Å². The van der Waals surface area contributed by atoms with Gasteiger partial charge in [-0.15, -0.1) is 6.42 Å². The van der Waals surface area contributed by atoms with Gasteiger partial charge in [0.1, 0.15) is 0 Å². The number of hydrogen-bond acceptors (Lipinski definition) is 5. The first-order valence-electron chi connectivity index (χ1n) is 4.62. The van der Waals surface area contributed by atoms with Gasteiger partial charge in [-0.05, 0) is 5.56 Å². The standard InChI is InChI=1S/C10H10N2O4S/c1-2-3-11(6-10(13)14)5-8-4-9(12(15)16)17-7-8/h1,4,7H,3,5-6H2,(H,13,14). The second kappa shape index (κ2) is 5.98. The van der Waals surface area contributed by atoms with E-state index in [9.17, 15) is 14.9 Å². The molecule has 0 amide bonds. The lowest BCUT2D eigenvalue weighted by molar-refractivity contribution is -0.380. The monoisotopic (exact) mass is 254 g/mol. The number of thiophene rings is 1. The van der Waals surface area contributed by atoms with Gasteiger partial charge in [0.05, 0.1) is 18.0 Å². The minimum absolute atomic E-state index is 0.0379. The number of nitrogens with zero attached hydrogens (tertiary/aromatic N) is 2. The van der Waals surface area contributed by atoms with Crippen molar-refractivity contribution in [2.24, 2.45) is 0 Å². The summed E-state index contributed by atoms with van der Waals surface area (Å²) < 4.78 is 0. The molecule has 1 heterocycles. The molecule has 0 aliphatic heterocycles. The van der Waals surface area contributed by atoms with Gasteiger partial charge in [0, 0.05) is 18.0 Å². The molecule has 7 heteroatoms. The van der Waals surface area contributed by atoms with Gasteiger partial charge in [-0.3, -0.25) is 19.8 Å². The highest BCUT2D eigenvalue weighted by molar-refractivity contribution is 7.13. The van der Waals surface area contributed by atoms with Crippen molar-refractivity contribution in [3.05, 3.63) is 27.1 Å². The number of nitro groups is 1. The van der Waals surface area contributed by atoms with E-state index in [-0.39, 0.29) is 18.1 Å². The zero-order valence-corrected chi connectivity index (χ0v) is 9.64. The molecule has 1 aromatic heterocycles. The van der Waals surface area contributed by atoms with E-state index in [2.05, 4.69) is 5.92 Å². The second-order valence-electron chi connectivity index (χ2n) is 3.29. The lowest BCUT2D eigenvalue weighted by atomic mass is 10.3. The lowest BCUT2D eigenvalue weighted by Crippen LogP contribution is -2.29. The highest BCUT2D eigenvalue weighted by atomic mass is 32.1. The SMILES string of the molecule is C#CCN(CC(=O)O)Cc1csc([N+](=O)[O-])c1. The second-order valence-corrected chi connectivity index (χ2v) is 4.18. The van der Waals surface area contributed by atoms with E-state index in [0.717, 1.165) is 11.3 Å². The first-order valence-corrected chi connectivity index (χ1v) is 5.50. The molecule has 1 aromatic rings. The van der Waals surface area contributed by atoms with Gasteiger partial charge in [0.15, 0.2) is 0 Å². The maximum Gasteiger partial charge on any atom is 0.324 e. The molecule has 0 saturated heterocycles. The Kier molecular flexibility index (Phi) is 4.63. The maximum absolute atomic E-state index is 10.6. The zero-order chi connectivity index (χ0) is 12.8. The molecule has 1 N–H and O–H groups in total. The van der Waals surface area contributed by atoms with E-state index in [1.54, 1.807) is 5.38 Å². The molecule has 0 bridgehead atoms. The Labute approximate surface area is 102 Å². The number of carboxylic acid groups (broad SMARTS) is 1. The molecule has 0 unspecified atom stereocenters. The Bertz CT molecular complexity index is 463. The predicted octanol–water partition coefficient (Wildman–Crippen LogP) is 1.18. The molecular formula is C10H10N2O4S. The molecule has 0 aliphatic rings. The van der Waals surface area contributed by atoms with Crippen LogP contribution in [0.4, 0.5) is 5.00 Å². The van der Waals surface area contributed by atoms with Crippen LogP contribution in [-0.4, -0.2) is 34.0 Å². The van der Waals surface area contributed by atoms with Crippen LogP contribution in [0.15, 0.2) is 11.4 Å². The van der Waals surface area contributed by atoms with Crippen molar-refractivity contribution in [1.82, 2.24) is 4.90 Å². The van der Waals surface area contributed by atoms with Gasteiger partial charge in [-0.2, -0.15) is 0 Å². The molecule has 0 fully saturated rings. The van der Waals surface area contributed by atoms with Crippen LogP contribution in [-0.2, 0) is 11.3 Å². The van der Waals surface area contributed by atoms with Crippen LogP contribution >= 0.6 is 11.3 Å². The summed E-state index contributed by atoms with van der Waals surface area (Å²) in [5, 5.41) is 20.8. The zero-order valence-electron chi connectivity index (χ0n) is 8.83. The summed E-state index contributed by atoms with van der Waals surface area (Å²) in [5.41, 5.74) is 0.693. The highest BCUT2D eigenvalue weighted by Crippen LogP contribution is 2.23. The van der Waals surface area contributed by atoms with E-state index in [1.807, 2.05) is 0 Å². The van der Waals surface area contributed by atoms with Crippen molar-refractivity contribution < 1.29 is 14.8 Å². The fourth-order valence-electron chi connectivity index (χ4n) is 1.29. The molecular weight excluding hydrogens is 244 g/mol. The van der Waals surface area contributed by atoms with Crippen LogP contribution < -0.4 is 0 Å². The van der Waals surface area contributed by atoms with Gasteiger partial charge in [-0.25, -0.2) is 0 Å². The van der Waals surface area contributed by atoms with Crippen molar-refractivity contribution in [3.63, 3.8) is 0 Å². The van der Waals surface area contributed by atoms with Gasteiger partial charge in [-0.1, -0.05) is 17.3 Å². The van der Waals surface area contributed by atoms with E-state index in [1.165, 1.54) is 11.0 Å². The van der Waals surface area contributed by atoms with Crippen LogP contribution in [0.25, 0.3) is 0 Å². The maximum atomic E-state index is 10.6. The van der Waals surface area contributed by atoms with Gasteiger partial charge < -0.3 is 5.11 Å². The third-order valence-corrected chi connectivity index (χ3v) is 2.83. The highest BCUT2D eigenvalue weighted by Gasteiger charge is 2.14. The third-order valence-electron chi connectivity index (χ3n) is 1.90. The molecule has 0 aliphatic carbocycles. The average molecular weight is 254 g/mol. The topological polar surface area (TPSA) is 83.7 Å². The van der Waals surface area contributed by atoms with E-state index < -0.39 is 10.9 Å². The van der Waals surface area contributed by atoms with Crippen LogP contribution in [0.2, 0.25) is 0 Å². The number of rotatable bonds is 6. The molecule has 17 heavy (non-hydrogen) atoms. The number of carboxylic acids is 1. The molecule has 6 nitrogen and oxygen atoms in total. The molecule has 0 atom stereocenters. The number of terminal acetylenes is 1. The fourth-order valence-corrected chi connectivity index (χ4v) is 2.01. The molecule has 0 spiro atoms. The van der Waals surface area contributed by atoms with Crippen molar-refractivity contribution in [2.75, 3.05) is 13.1 Å². The van der Waals surface area contributed by atoms with Crippen molar-refractivity contribution >= 4 is 22.3 Å². The first-order chi connectivity index (χ1) is 8.02. The Morgan fingerprint density at radius 2 is 2.41 bits per heavy atom. The normalized spacial score (nSPS) is 10.1. The van der Waals surface area contributed by atoms with Crippen molar-refractivity contribution in [2.45, 2.75) is 6.54 Å². The molecule has 0 aromatic carbocycles. The largest absolute Gasteiger partial charge is 0.480 e. The summed E-state index contributed by atoms with van der Waals surface area (Å²) in [6, 6.07) is 1.43. The predicted molar refractivity (Wildman–Crippen MR) is 62.7 cm³/mol. The summed E-state index contributed by atoms with van der Waals surface area (Å²) in [4.78, 5) is 22.1. The van der Waals surface area contributed by atoms with Gasteiger partial charge >= 0.3 is 11.0 Å². The third kappa shape index (κ3) is 4.22. The summed E-state index contributed by atoms with van der Waals surface area (Å²) in [6.45, 7) is 0.296. The Morgan fingerprint density at radius 1 is 1.71 bits per heavy atom. The summed E-state index contributed by atoms with van der Waals surface area (Å²) in [6.07, 6.45) is 5.12. The molecule has 90 valence electrons. The minimum atomic E-state index is -0.982. The van der Waals surface area contributed by atoms with E-state index in [0.29, 0.717) is 12.1 Å². The fraction of sp³-hybridized carbons (Fsp3) is 0.300. The van der Waals surface area contributed by atoms with Gasteiger partial charge in [0.25, 0.3) is 0 Å². The number of carbonyl (C=O) groups is 1. The van der Waals surface area contributed by atoms with Crippen molar-refractivity contribution in [1.29, 1.82) is 0 Å². The summed E-state index contributed by atoms with van der Waals surface area (Å²) in [7, 11) is 0. The molecule has 1 rings (SSSR count). The van der Waals surface area contributed by atoms with Crippen LogP contribution in [0.1, 0.15) is 5.56 Å². The minimum Gasteiger partial charge on any atom is -0.480 e. The summed E-state index contributed by atoms with van der Waals surface area (Å²) in [5.74, 6) is 1.37. The Morgan fingerprint density at radius 3 is 2.88 bits per heavy atom. The van der Waals surface area contributed by atoms with Gasteiger partial charge in [0.2, 0.25) is 0 Å². The summed E-state index contributed by atoms with van der Waals surface area (Å²) >= 11 is 1.01. The Balaban J connectivity index is 2.68. The first kappa shape index (κ1) is 13.2. The van der Waals surface area contributed by atoms with Crippen LogP contribution in [0, 0.1) is 22.5 Å². The van der Waals surface area contributed by atoms with Crippen molar-refractivity contribution in [3.8, 4) is 12.3 Å². The smallest absolute Gasteiger partial charge is 0.324 e. The van der Waals surface area contributed by atoms with Crippen LogP contribution in [0.3, 0.4) is 0 Å². The van der Waals surface area contributed by atoms with E-state index >= 15 is 0 Å². The van der Waals surface area contributed by atoms with E-state index in [4.69, 9.17) is 11.5 Å². The Hall–Kier alpha value is -1.91. The lowest BCUT2D eigenvalue weighted by Gasteiger charge is -2.15. The number of aliphatic carboxylic acids is 1. The molecule has 0 saturated carbocycles. The average Bonchev–Trinajstić information content (AvgIpc) is 2.65.